The molecule has 2 atom stereocenters. The van der Waals surface area contributed by atoms with Gasteiger partial charge in [0.2, 0.25) is 11.8 Å². The minimum Gasteiger partial charge on any atom is -0.380 e. The number of hydrogen-bond acceptors (Lipinski definition) is 4. The van der Waals surface area contributed by atoms with E-state index < -0.39 is 0 Å². The maximum Gasteiger partial charge on any atom is 0.223 e. The Morgan fingerprint density at radius 3 is 2.70 bits per heavy atom. The SMILES string of the molecule is COC(CN)CC(=O)NC(CN1CCCC1=O)c1ccccc1. The number of nitrogens with zero attached hydrogens (tertiary/aromatic N) is 1. The monoisotopic (exact) mass is 319 g/mol. The highest BCUT2D eigenvalue weighted by Crippen LogP contribution is 2.18. The molecule has 2 rings (SSSR count). The number of nitrogens with one attached hydrogen (secondary N) is 1. The second-order valence-corrected chi connectivity index (χ2v) is 5.77. The first-order valence-corrected chi connectivity index (χ1v) is 7.99. The van der Waals surface area contributed by atoms with Crippen molar-refractivity contribution < 1.29 is 14.3 Å². The Bertz CT molecular complexity index is 517. The van der Waals surface area contributed by atoms with Gasteiger partial charge in [0.25, 0.3) is 0 Å². The third-order valence-electron chi connectivity index (χ3n) is 4.12. The molecule has 2 amide bonds. The lowest BCUT2D eigenvalue weighted by Gasteiger charge is -2.26. The number of benzene rings is 1. The second-order valence-electron chi connectivity index (χ2n) is 5.77. The molecule has 23 heavy (non-hydrogen) atoms. The minimum atomic E-state index is -0.292. The van der Waals surface area contributed by atoms with E-state index in [0.29, 0.717) is 19.5 Å². The first kappa shape index (κ1) is 17.4. The third-order valence-corrected chi connectivity index (χ3v) is 4.12. The quantitative estimate of drug-likeness (QED) is 0.743. The summed E-state index contributed by atoms with van der Waals surface area (Å²) in [6, 6.07) is 9.49. The van der Waals surface area contributed by atoms with Crippen LogP contribution in [0.25, 0.3) is 0 Å². The standard InChI is InChI=1S/C17H25N3O3/c1-23-14(11-18)10-16(21)19-15(13-6-3-2-4-7-13)12-20-9-5-8-17(20)22/h2-4,6-7,14-15H,5,8-12,18H2,1H3,(H,19,21). The molecule has 0 radical (unpaired) electrons. The van der Waals surface area contributed by atoms with Crippen molar-refractivity contribution in [2.24, 2.45) is 5.73 Å². The molecule has 2 unspecified atom stereocenters. The number of carbonyl (C=O) groups is 2. The van der Waals surface area contributed by atoms with Crippen LogP contribution in [-0.2, 0) is 14.3 Å². The lowest BCUT2D eigenvalue weighted by molar-refractivity contribution is -0.129. The number of ether oxygens (including phenoxy) is 1. The smallest absolute Gasteiger partial charge is 0.223 e. The number of nitrogens with two attached hydrogens (primary N) is 1. The number of rotatable bonds is 8. The van der Waals surface area contributed by atoms with Crippen LogP contribution in [0.5, 0.6) is 0 Å². The molecule has 1 aromatic rings. The number of likely N-dealkylation sites (tertiary alicyclic amines) is 1. The average Bonchev–Trinajstić information content (AvgIpc) is 2.97. The highest BCUT2D eigenvalue weighted by atomic mass is 16.5. The highest BCUT2D eigenvalue weighted by Gasteiger charge is 2.25. The summed E-state index contributed by atoms with van der Waals surface area (Å²) >= 11 is 0. The largest absolute Gasteiger partial charge is 0.380 e. The van der Waals surface area contributed by atoms with E-state index >= 15 is 0 Å². The Hall–Kier alpha value is -1.92. The van der Waals surface area contributed by atoms with Crippen molar-refractivity contribution in [2.45, 2.75) is 31.4 Å². The van der Waals surface area contributed by atoms with E-state index in [1.165, 1.54) is 0 Å². The van der Waals surface area contributed by atoms with Crippen molar-refractivity contribution in [1.82, 2.24) is 10.2 Å². The van der Waals surface area contributed by atoms with Gasteiger partial charge in [-0.15, -0.1) is 0 Å². The van der Waals surface area contributed by atoms with Gasteiger partial charge < -0.3 is 20.7 Å². The van der Waals surface area contributed by atoms with Crippen LogP contribution in [0.3, 0.4) is 0 Å². The maximum atomic E-state index is 12.3. The summed E-state index contributed by atoms with van der Waals surface area (Å²) < 4.78 is 5.16. The van der Waals surface area contributed by atoms with Gasteiger partial charge in [-0.3, -0.25) is 9.59 Å². The van der Waals surface area contributed by atoms with Gasteiger partial charge in [0.1, 0.15) is 0 Å². The van der Waals surface area contributed by atoms with E-state index in [4.69, 9.17) is 10.5 Å². The predicted molar refractivity (Wildman–Crippen MR) is 87.6 cm³/mol. The van der Waals surface area contributed by atoms with E-state index in [0.717, 1.165) is 18.5 Å². The molecule has 1 fully saturated rings. The zero-order chi connectivity index (χ0) is 16.7. The Labute approximate surface area is 137 Å². The van der Waals surface area contributed by atoms with Crippen molar-refractivity contribution in [3.8, 4) is 0 Å². The third kappa shape index (κ3) is 5.04. The summed E-state index contributed by atoms with van der Waals surface area (Å²) in [5.74, 6) is 0.0275. The lowest BCUT2D eigenvalue weighted by atomic mass is 10.1. The fourth-order valence-electron chi connectivity index (χ4n) is 2.76. The van der Waals surface area contributed by atoms with Gasteiger partial charge in [-0.1, -0.05) is 30.3 Å². The zero-order valence-corrected chi connectivity index (χ0v) is 13.5. The molecule has 6 heteroatoms. The van der Waals surface area contributed by atoms with Crippen LogP contribution >= 0.6 is 0 Å². The highest BCUT2D eigenvalue weighted by molar-refractivity contribution is 5.79. The van der Waals surface area contributed by atoms with Crippen LogP contribution in [0, 0.1) is 0 Å². The summed E-state index contributed by atoms with van der Waals surface area (Å²) in [5, 5.41) is 3.01. The van der Waals surface area contributed by atoms with Crippen LogP contribution in [0.4, 0.5) is 0 Å². The molecular formula is C17H25N3O3. The van der Waals surface area contributed by atoms with Gasteiger partial charge in [-0.2, -0.15) is 0 Å². The molecule has 1 aliphatic heterocycles. The average molecular weight is 319 g/mol. The van der Waals surface area contributed by atoms with E-state index in [9.17, 15) is 9.59 Å². The maximum absolute atomic E-state index is 12.3. The number of hydrogen-bond donors (Lipinski definition) is 2. The Balaban J connectivity index is 2.04. The minimum absolute atomic E-state index is 0.122. The zero-order valence-electron chi connectivity index (χ0n) is 13.5. The number of methoxy groups -OCH3 is 1. The van der Waals surface area contributed by atoms with Crippen LogP contribution in [0.15, 0.2) is 30.3 Å². The predicted octanol–water partition coefficient (Wildman–Crippen LogP) is 0.830. The van der Waals surface area contributed by atoms with Crippen LogP contribution in [0.2, 0.25) is 0 Å². The summed E-state index contributed by atoms with van der Waals surface area (Å²) in [6.07, 6.45) is 1.39. The van der Waals surface area contributed by atoms with Crippen LogP contribution in [-0.4, -0.2) is 49.6 Å². The van der Waals surface area contributed by atoms with Gasteiger partial charge in [-0.25, -0.2) is 0 Å². The molecule has 0 spiro atoms. The van der Waals surface area contributed by atoms with Gasteiger partial charge in [-0.05, 0) is 12.0 Å². The Morgan fingerprint density at radius 2 is 2.13 bits per heavy atom. The summed E-state index contributed by atoms with van der Waals surface area (Å²) in [6.45, 7) is 1.54. The van der Waals surface area contributed by atoms with Crippen LogP contribution in [0.1, 0.15) is 30.9 Å². The summed E-state index contributed by atoms with van der Waals surface area (Å²) in [4.78, 5) is 25.9. The van der Waals surface area contributed by atoms with E-state index in [1.807, 2.05) is 35.2 Å². The van der Waals surface area contributed by atoms with E-state index in [-0.39, 0.29) is 30.4 Å². The fourth-order valence-corrected chi connectivity index (χ4v) is 2.76. The molecular weight excluding hydrogens is 294 g/mol. The lowest BCUT2D eigenvalue weighted by Crippen LogP contribution is -2.40. The Morgan fingerprint density at radius 1 is 1.39 bits per heavy atom. The molecule has 6 nitrogen and oxygen atoms in total. The molecule has 0 aliphatic carbocycles. The normalized spacial score (nSPS) is 17.1. The first-order chi connectivity index (χ1) is 11.1. The van der Waals surface area contributed by atoms with Gasteiger partial charge in [0.15, 0.2) is 0 Å². The molecule has 0 aromatic heterocycles. The van der Waals surface area contributed by atoms with Crippen molar-refractivity contribution in [3.05, 3.63) is 35.9 Å². The van der Waals surface area contributed by atoms with Gasteiger partial charge >= 0.3 is 0 Å². The van der Waals surface area contributed by atoms with Crippen molar-refractivity contribution >= 4 is 11.8 Å². The van der Waals surface area contributed by atoms with Crippen molar-refractivity contribution in [1.29, 1.82) is 0 Å². The van der Waals surface area contributed by atoms with Gasteiger partial charge in [0, 0.05) is 33.2 Å². The van der Waals surface area contributed by atoms with E-state index in [2.05, 4.69) is 5.32 Å². The van der Waals surface area contributed by atoms with Crippen molar-refractivity contribution in [3.63, 3.8) is 0 Å². The molecule has 1 saturated heterocycles. The van der Waals surface area contributed by atoms with Crippen molar-refractivity contribution in [2.75, 3.05) is 26.7 Å². The molecule has 3 N–H and O–H groups in total. The molecule has 1 aromatic carbocycles. The van der Waals surface area contributed by atoms with Crippen LogP contribution < -0.4 is 11.1 Å². The topological polar surface area (TPSA) is 84.7 Å². The molecule has 0 bridgehead atoms. The summed E-state index contributed by atoms with van der Waals surface area (Å²) in [5.41, 5.74) is 6.55. The van der Waals surface area contributed by atoms with E-state index in [1.54, 1.807) is 7.11 Å². The fraction of sp³-hybridized carbons (Fsp3) is 0.529. The molecule has 0 saturated carbocycles. The second kappa shape index (κ2) is 8.64. The molecule has 126 valence electrons. The first-order valence-electron chi connectivity index (χ1n) is 7.99. The molecule has 1 heterocycles. The molecule has 1 aliphatic rings. The number of carbonyl (C=O) groups excluding carboxylic acids is 2. The summed E-state index contributed by atoms with van der Waals surface area (Å²) in [7, 11) is 1.54. The number of amides is 2. The Kier molecular flexibility index (Phi) is 6.55. The van der Waals surface area contributed by atoms with Gasteiger partial charge in [0.05, 0.1) is 18.6 Å².